The fourth-order valence-electron chi connectivity index (χ4n) is 1.92. The highest BCUT2D eigenvalue weighted by Gasteiger charge is 2.09. The number of aromatic carboxylic acids is 1. The molecule has 1 amide bonds. The van der Waals surface area contributed by atoms with E-state index in [0.29, 0.717) is 17.9 Å². The maximum Gasteiger partial charge on any atom is 0.371 e. The minimum Gasteiger partial charge on any atom is -0.475 e. The molecule has 21 heavy (non-hydrogen) atoms. The Kier molecular flexibility index (Phi) is 4.27. The number of amides is 1. The van der Waals surface area contributed by atoms with Gasteiger partial charge in [-0.1, -0.05) is 0 Å². The summed E-state index contributed by atoms with van der Waals surface area (Å²) in [7, 11) is 1.58. The van der Waals surface area contributed by atoms with Gasteiger partial charge >= 0.3 is 5.97 Å². The monoisotopic (exact) mass is 288 g/mol. The Labute approximate surface area is 121 Å². The van der Waals surface area contributed by atoms with Crippen LogP contribution in [0, 0.1) is 6.92 Å². The molecule has 0 spiro atoms. The molecule has 0 unspecified atom stereocenters. The van der Waals surface area contributed by atoms with Crippen molar-refractivity contribution in [2.45, 2.75) is 13.5 Å². The van der Waals surface area contributed by atoms with Gasteiger partial charge in [0.2, 0.25) is 5.76 Å². The number of nitrogens with one attached hydrogen (secondary N) is 2. The van der Waals surface area contributed by atoms with E-state index in [1.165, 1.54) is 6.07 Å². The molecule has 0 aliphatic rings. The van der Waals surface area contributed by atoms with Gasteiger partial charge in [0.1, 0.15) is 5.76 Å². The zero-order valence-corrected chi connectivity index (χ0v) is 11.8. The minimum absolute atomic E-state index is 0.0847. The summed E-state index contributed by atoms with van der Waals surface area (Å²) >= 11 is 0. The van der Waals surface area contributed by atoms with E-state index >= 15 is 0 Å². The molecule has 2 rings (SSSR count). The third-order valence-electron chi connectivity index (χ3n) is 3.04. The average molecular weight is 288 g/mol. The molecule has 2 aromatic rings. The van der Waals surface area contributed by atoms with Crippen molar-refractivity contribution in [3.05, 3.63) is 53.0 Å². The number of hydrogen-bond donors (Lipinski definition) is 3. The first-order valence-corrected chi connectivity index (χ1v) is 6.40. The molecule has 6 nitrogen and oxygen atoms in total. The maximum absolute atomic E-state index is 11.5. The average Bonchev–Trinajstić information content (AvgIpc) is 2.94. The van der Waals surface area contributed by atoms with Crippen LogP contribution in [0.1, 0.15) is 32.2 Å². The van der Waals surface area contributed by atoms with Crippen LogP contribution in [0.15, 0.2) is 34.7 Å². The largest absolute Gasteiger partial charge is 0.475 e. The van der Waals surface area contributed by atoms with Crippen molar-refractivity contribution in [2.24, 2.45) is 0 Å². The maximum atomic E-state index is 11.5. The first-order chi connectivity index (χ1) is 10.0. The third-order valence-corrected chi connectivity index (χ3v) is 3.04. The molecule has 1 heterocycles. The Morgan fingerprint density at radius 3 is 2.57 bits per heavy atom. The van der Waals surface area contributed by atoms with Crippen LogP contribution in [0.3, 0.4) is 0 Å². The molecule has 0 aliphatic heterocycles. The van der Waals surface area contributed by atoms with E-state index in [-0.39, 0.29) is 11.7 Å². The molecule has 0 fully saturated rings. The molecular formula is C15H16N2O4. The molecule has 0 saturated carbocycles. The van der Waals surface area contributed by atoms with E-state index in [0.717, 1.165) is 11.3 Å². The van der Waals surface area contributed by atoms with Crippen LogP contribution in [-0.2, 0) is 6.54 Å². The number of hydrogen-bond acceptors (Lipinski definition) is 4. The standard InChI is InChI=1S/C15H16N2O4/c1-9-7-10(14(18)16-2)3-5-12(9)17-8-11-4-6-13(21-11)15(19)20/h3-7,17H,8H2,1-2H3,(H,16,18)(H,19,20). The molecule has 110 valence electrons. The van der Waals surface area contributed by atoms with Gasteiger partial charge in [-0.2, -0.15) is 0 Å². The van der Waals surface area contributed by atoms with Crippen molar-refractivity contribution in [1.82, 2.24) is 5.32 Å². The van der Waals surface area contributed by atoms with Crippen LogP contribution in [-0.4, -0.2) is 24.0 Å². The van der Waals surface area contributed by atoms with E-state index < -0.39 is 5.97 Å². The van der Waals surface area contributed by atoms with Crippen LogP contribution in [0.2, 0.25) is 0 Å². The zero-order chi connectivity index (χ0) is 15.4. The first kappa shape index (κ1) is 14.6. The van der Waals surface area contributed by atoms with Crippen molar-refractivity contribution < 1.29 is 19.1 Å². The molecule has 0 aliphatic carbocycles. The Morgan fingerprint density at radius 2 is 2.00 bits per heavy atom. The minimum atomic E-state index is -1.09. The number of rotatable bonds is 5. The molecule has 3 N–H and O–H groups in total. The fraction of sp³-hybridized carbons (Fsp3) is 0.200. The predicted octanol–water partition coefficient (Wildman–Crippen LogP) is 2.26. The van der Waals surface area contributed by atoms with E-state index in [9.17, 15) is 9.59 Å². The van der Waals surface area contributed by atoms with Crippen LogP contribution >= 0.6 is 0 Å². The summed E-state index contributed by atoms with van der Waals surface area (Å²) in [5, 5.41) is 14.5. The lowest BCUT2D eigenvalue weighted by Gasteiger charge is -2.09. The van der Waals surface area contributed by atoms with E-state index in [1.54, 1.807) is 31.3 Å². The molecule has 0 atom stereocenters. The van der Waals surface area contributed by atoms with E-state index in [4.69, 9.17) is 9.52 Å². The SMILES string of the molecule is CNC(=O)c1ccc(NCc2ccc(C(=O)O)o2)c(C)c1. The lowest BCUT2D eigenvalue weighted by atomic mass is 10.1. The zero-order valence-electron chi connectivity index (χ0n) is 11.8. The van der Waals surface area contributed by atoms with Crippen molar-refractivity contribution in [2.75, 3.05) is 12.4 Å². The van der Waals surface area contributed by atoms with Gasteiger partial charge in [-0.3, -0.25) is 4.79 Å². The summed E-state index contributed by atoms with van der Waals surface area (Å²) in [6.07, 6.45) is 0. The molecular weight excluding hydrogens is 272 g/mol. The van der Waals surface area contributed by atoms with E-state index in [2.05, 4.69) is 10.6 Å². The van der Waals surface area contributed by atoms with Crippen molar-refractivity contribution >= 4 is 17.6 Å². The second kappa shape index (κ2) is 6.13. The lowest BCUT2D eigenvalue weighted by Crippen LogP contribution is -2.17. The van der Waals surface area contributed by atoms with Crippen LogP contribution < -0.4 is 10.6 Å². The number of carboxylic acid groups (broad SMARTS) is 1. The summed E-state index contributed by atoms with van der Waals surface area (Å²) < 4.78 is 5.16. The van der Waals surface area contributed by atoms with Crippen molar-refractivity contribution in [3.63, 3.8) is 0 Å². The van der Waals surface area contributed by atoms with Gasteiger partial charge in [0.25, 0.3) is 5.91 Å². The predicted molar refractivity (Wildman–Crippen MR) is 77.6 cm³/mol. The number of carbonyl (C=O) groups excluding carboxylic acids is 1. The number of furan rings is 1. The highest BCUT2D eigenvalue weighted by atomic mass is 16.4. The highest BCUT2D eigenvalue weighted by molar-refractivity contribution is 5.94. The summed E-state index contributed by atoms with van der Waals surface area (Å²) in [4.78, 5) is 22.2. The van der Waals surface area contributed by atoms with Crippen LogP contribution in [0.5, 0.6) is 0 Å². The molecule has 0 saturated heterocycles. The highest BCUT2D eigenvalue weighted by Crippen LogP contribution is 2.18. The Balaban J connectivity index is 2.06. The molecule has 0 bridgehead atoms. The second-order valence-corrected chi connectivity index (χ2v) is 4.53. The van der Waals surface area contributed by atoms with Crippen LogP contribution in [0.25, 0.3) is 0 Å². The molecule has 1 aromatic carbocycles. The normalized spacial score (nSPS) is 10.2. The Bertz CT molecular complexity index is 676. The summed E-state index contributed by atoms with van der Waals surface area (Å²) in [5.74, 6) is -0.783. The quantitative estimate of drug-likeness (QED) is 0.785. The Morgan fingerprint density at radius 1 is 1.24 bits per heavy atom. The van der Waals surface area contributed by atoms with Crippen LogP contribution in [0.4, 0.5) is 5.69 Å². The van der Waals surface area contributed by atoms with E-state index in [1.807, 2.05) is 6.92 Å². The molecule has 0 radical (unpaired) electrons. The van der Waals surface area contributed by atoms with Gasteiger partial charge in [-0.05, 0) is 42.8 Å². The van der Waals surface area contributed by atoms with Crippen molar-refractivity contribution in [1.29, 1.82) is 0 Å². The summed E-state index contributed by atoms with van der Waals surface area (Å²) in [6.45, 7) is 2.26. The van der Waals surface area contributed by atoms with Gasteiger partial charge in [-0.25, -0.2) is 4.79 Å². The number of anilines is 1. The second-order valence-electron chi connectivity index (χ2n) is 4.53. The first-order valence-electron chi connectivity index (χ1n) is 6.40. The van der Waals surface area contributed by atoms with Gasteiger partial charge in [0.15, 0.2) is 0 Å². The van der Waals surface area contributed by atoms with Gasteiger partial charge < -0.3 is 20.2 Å². The fourth-order valence-corrected chi connectivity index (χ4v) is 1.92. The van der Waals surface area contributed by atoms with Gasteiger partial charge in [0, 0.05) is 18.3 Å². The summed E-state index contributed by atoms with van der Waals surface area (Å²) in [6, 6.07) is 8.34. The molecule has 1 aromatic heterocycles. The number of aryl methyl sites for hydroxylation is 1. The third kappa shape index (κ3) is 3.42. The topological polar surface area (TPSA) is 91.6 Å². The number of benzene rings is 1. The molecule has 6 heteroatoms. The van der Waals surface area contributed by atoms with Gasteiger partial charge in [0.05, 0.1) is 6.54 Å². The van der Waals surface area contributed by atoms with Crippen molar-refractivity contribution in [3.8, 4) is 0 Å². The Hall–Kier alpha value is -2.76. The summed E-state index contributed by atoms with van der Waals surface area (Å²) in [5.41, 5.74) is 2.36. The number of carbonyl (C=O) groups is 2. The lowest BCUT2D eigenvalue weighted by molar-refractivity contribution is 0.0660. The van der Waals surface area contributed by atoms with Gasteiger partial charge in [-0.15, -0.1) is 0 Å². The number of carboxylic acids is 1. The smallest absolute Gasteiger partial charge is 0.371 e.